The highest BCUT2D eigenvalue weighted by Gasteiger charge is 2.21. The van der Waals surface area contributed by atoms with Crippen LogP contribution >= 0.6 is 15.9 Å². The van der Waals surface area contributed by atoms with Crippen LogP contribution in [0, 0.1) is 6.92 Å². The van der Waals surface area contributed by atoms with Gasteiger partial charge in [0, 0.05) is 17.1 Å². The Bertz CT molecular complexity index is 1200. The molecule has 3 aromatic carbocycles. The molecule has 1 N–H and O–H groups in total. The van der Waals surface area contributed by atoms with Gasteiger partial charge in [-0.3, -0.25) is 9.10 Å². The van der Waals surface area contributed by atoms with Gasteiger partial charge in [0.15, 0.2) is 0 Å². The first-order valence-electron chi connectivity index (χ1n) is 9.45. The van der Waals surface area contributed by atoms with Gasteiger partial charge in [0.2, 0.25) is 0 Å². The minimum atomic E-state index is -3.69. The predicted molar refractivity (Wildman–Crippen MR) is 127 cm³/mol. The summed E-state index contributed by atoms with van der Waals surface area (Å²) in [4.78, 5) is 12.6. The fourth-order valence-corrected chi connectivity index (χ4v) is 4.24. The van der Waals surface area contributed by atoms with Gasteiger partial charge in [-0.1, -0.05) is 45.8 Å². The van der Waals surface area contributed by atoms with Gasteiger partial charge < -0.3 is 0 Å². The Labute approximate surface area is 190 Å². The second-order valence-corrected chi connectivity index (χ2v) is 9.86. The van der Waals surface area contributed by atoms with Gasteiger partial charge in [0.1, 0.15) is 0 Å². The molecule has 0 fully saturated rings. The van der Waals surface area contributed by atoms with Crippen molar-refractivity contribution >= 4 is 43.3 Å². The maximum Gasteiger partial charge on any atom is 0.271 e. The van der Waals surface area contributed by atoms with Crippen LogP contribution < -0.4 is 9.73 Å². The van der Waals surface area contributed by atoms with Crippen LogP contribution in [-0.4, -0.2) is 27.1 Å². The molecule has 0 unspecified atom stereocenters. The second-order valence-electron chi connectivity index (χ2n) is 6.98. The lowest BCUT2D eigenvalue weighted by Gasteiger charge is -2.19. The third-order valence-electron chi connectivity index (χ3n) is 4.76. The van der Waals surface area contributed by atoms with Crippen molar-refractivity contribution in [2.75, 3.05) is 11.4 Å². The smallest absolute Gasteiger partial charge is 0.269 e. The number of benzene rings is 3. The molecule has 0 radical (unpaired) electrons. The number of carbonyl (C=O) groups is 1. The molecule has 8 heteroatoms. The number of sulfonamides is 1. The van der Waals surface area contributed by atoms with E-state index in [-0.39, 0.29) is 10.8 Å². The van der Waals surface area contributed by atoms with Crippen LogP contribution in [0.15, 0.2) is 87.3 Å². The van der Waals surface area contributed by atoms with Gasteiger partial charge in [0.05, 0.1) is 16.3 Å². The molecule has 3 rings (SSSR count). The number of hydrogen-bond acceptors (Lipinski definition) is 4. The molecule has 0 saturated carbocycles. The average Bonchev–Trinajstić information content (AvgIpc) is 2.77. The van der Waals surface area contributed by atoms with Crippen molar-refractivity contribution in [1.29, 1.82) is 0 Å². The lowest BCUT2D eigenvalue weighted by atomic mass is 10.1. The minimum Gasteiger partial charge on any atom is -0.269 e. The van der Waals surface area contributed by atoms with Crippen molar-refractivity contribution < 1.29 is 13.2 Å². The van der Waals surface area contributed by atoms with Gasteiger partial charge in [-0.25, -0.2) is 13.8 Å². The molecular formula is C23H22BrN3O3S. The highest BCUT2D eigenvalue weighted by molar-refractivity contribution is 9.10. The molecule has 31 heavy (non-hydrogen) atoms. The van der Waals surface area contributed by atoms with Crippen molar-refractivity contribution in [3.63, 3.8) is 0 Å². The van der Waals surface area contributed by atoms with E-state index in [1.54, 1.807) is 55.5 Å². The van der Waals surface area contributed by atoms with E-state index in [2.05, 4.69) is 26.5 Å². The SMILES string of the molecule is C/C(=N/NC(=O)c1ccc(N(C)S(=O)(=O)c2ccc(C)cc2)cc1)c1ccc(Br)cc1. The molecule has 0 aliphatic heterocycles. The highest BCUT2D eigenvalue weighted by atomic mass is 79.9. The van der Waals surface area contributed by atoms with Crippen LogP contribution in [-0.2, 0) is 10.0 Å². The number of hydrazone groups is 1. The summed E-state index contributed by atoms with van der Waals surface area (Å²) < 4.78 is 27.8. The number of halogens is 1. The molecule has 160 valence electrons. The van der Waals surface area contributed by atoms with Gasteiger partial charge in [-0.05, 0) is 67.9 Å². The van der Waals surface area contributed by atoms with E-state index in [1.807, 2.05) is 31.2 Å². The minimum absolute atomic E-state index is 0.208. The number of nitrogens with zero attached hydrogens (tertiary/aromatic N) is 2. The summed E-state index contributed by atoms with van der Waals surface area (Å²) in [5.41, 5.74) is 5.89. The Morgan fingerprint density at radius 1 is 0.903 bits per heavy atom. The largest absolute Gasteiger partial charge is 0.271 e. The number of rotatable bonds is 6. The van der Waals surface area contributed by atoms with Crippen molar-refractivity contribution in [2.45, 2.75) is 18.7 Å². The molecule has 0 heterocycles. The van der Waals surface area contributed by atoms with Crippen LogP contribution in [0.4, 0.5) is 5.69 Å². The number of anilines is 1. The zero-order chi connectivity index (χ0) is 22.6. The summed E-state index contributed by atoms with van der Waals surface area (Å²) in [7, 11) is -2.21. The van der Waals surface area contributed by atoms with Crippen LogP contribution in [0.5, 0.6) is 0 Å². The topological polar surface area (TPSA) is 78.8 Å². The van der Waals surface area contributed by atoms with Gasteiger partial charge >= 0.3 is 0 Å². The van der Waals surface area contributed by atoms with Gasteiger partial charge in [-0.15, -0.1) is 0 Å². The zero-order valence-corrected chi connectivity index (χ0v) is 19.7. The molecule has 0 saturated heterocycles. The molecule has 0 aliphatic rings. The molecule has 6 nitrogen and oxygen atoms in total. The standard InChI is InChI=1S/C23H22BrN3O3S/c1-16-4-14-22(15-5-16)31(29,30)27(3)21-12-8-19(9-13-21)23(28)26-25-17(2)18-6-10-20(24)11-7-18/h4-15H,1-3H3,(H,26,28)/b25-17-. The van der Waals surface area contributed by atoms with E-state index in [9.17, 15) is 13.2 Å². The number of aryl methyl sites for hydroxylation is 1. The Kier molecular flexibility index (Phi) is 6.92. The van der Waals surface area contributed by atoms with Crippen LogP contribution in [0.3, 0.4) is 0 Å². The van der Waals surface area contributed by atoms with Crippen molar-refractivity contribution in [1.82, 2.24) is 5.43 Å². The van der Waals surface area contributed by atoms with Gasteiger partial charge in [0.25, 0.3) is 15.9 Å². The maximum atomic E-state index is 12.8. The van der Waals surface area contributed by atoms with E-state index in [4.69, 9.17) is 0 Å². The quantitative estimate of drug-likeness (QED) is 0.393. The maximum absolute atomic E-state index is 12.8. The van der Waals surface area contributed by atoms with Gasteiger partial charge in [-0.2, -0.15) is 5.10 Å². The molecule has 0 aliphatic carbocycles. The van der Waals surface area contributed by atoms with Crippen LogP contribution in [0.25, 0.3) is 0 Å². The Balaban J connectivity index is 1.71. The summed E-state index contributed by atoms with van der Waals surface area (Å²) >= 11 is 3.38. The molecule has 3 aromatic rings. The lowest BCUT2D eigenvalue weighted by molar-refractivity contribution is 0.0955. The van der Waals surface area contributed by atoms with E-state index >= 15 is 0 Å². The number of hydrogen-bond donors (Lipinski definition) is 1. The fraction of sp³-hybridized carbons (Fsp3) is 0.130. The predicted octanol–water partition coefficient (Wildman–Crippen LogP) is 4.74. The summed E-state index contributed by atoms with van der Waals surface area (Å²) in [6, 6.07) is 20.6. The first-order valence-corrected chi connectivity index (χ1v) is 11.7. The fourth-order valence-electron chi connectivity index (χ4n) is 2.78. The first-order chi connectivity index (χ1) is 14.7. The zero-order valence-electron chi connectivity index (χ0n) is 17.3. The second kappa shape index (κ2) is 9.45. The molecule has 0 bridgehead atoms. The summed E-state index contributed by atoms with van der Waals surface area (Å²) in [5.74, 6) is -0.382. The third-order valence-corrected chi connectivity index (χ3v) is 7.09. The molecule has 1 amide bonds. The van der Waals surface area contributed by atoms with Crippen LogP contribution in [0.1, 0.15) is 28.4 Å². The van der Waals surface area contributed by atoms with Crippen molar-refractivity contribution in [3.8, 4) is 0 Å². The average molecular weight is 500 g/mol. The number of amides is 1. The molecule has 0 spiro atoms. The van der Waals surface area contributed by atoms with Crippen molar-refractivity contribution in [3.05, 3.63) is 94.0 Å². The molecule has 0 aromatic heterocycles. The third kappa shape index (κ3) is 5.39. The Morgan fingerprint density at radius 3 is 2.03 bits per heavy atom. The number of carbonyl (C=O) groups excluding carboxylic acids is 1. The Morgan fingerprint density at radius 2 is 1.45 bits per heavy atom. The lowest BCUT2D eigenvalue weighted by Crippen LogP contribution is -2.26. The monoisotopic (exact) mass is 499 g/mol. The number of nitrogens with one attached hydrogen (secondary N) is 1. The highest BCUT2D eigenvalue weighted by Crippen LogP contribution is 2.22. The molecular weight excluding hydrogens is 478 g/mol. The summed E-state index contributed by atoms with van der Waals surface area (Å²) in [6.45, 7) is 3.70. The first kappa shape index (κ1) is 22.7. The van der Waals surface area contributed by atoms with E-state index in [0.29, 0.717) is 17.0 Å². The van der Waals surface area contributed by atoms with Crippen molar-refractivity contribution in [2.24, 2.45) is 5.10 Å². The van der Waals surface area contributed by atoms with Crippen LogP contribution in [0.2, 0.25) is 0 Å². The van der Waals surface area contributed by atoms with E-state index in [1.165, 1.54) is 11.4 Å². The normalized spacial score (nSPS) is 11.8. The Hall–Kier alpha value is -2.97. The summed E-state index contributed by atoms with van der Waals surface area (Å²) in [6.07, 6.45) is 0. The summed E-state index contributed by atoms with van der Waals surface area (Å²) in [5, 5.41) is 4.14. The van der Waals surface area contributed by atoms with E-state index in [0.717, 1.165) is 15.6 Å². The molecule has 0 atom stereocenters. The van der Waals surface area contributed by atoms with E-state index < -0.39 is 10.0 Å².